The number of nitrogens with two attached hydrogens (primary N) is 1. The normalized spacial score (nSPS) is 11.4. The number of H-pyrrole nitrogens is 1. The maximum atomic E-state index is 12.9. The van der Waals surface area contributed by atoms with Gasteiger partial charge in [0.15, 0.2) is 5.65 Å². The van der Waals surface area contributed by atoms with Crippen molar-refractivity contribution in [1.82, 2.24) is 40.2 Å². The number of carbonyl (C=O) groups is 2. The van der Waals surface area contributed by atoms with Gasteiger partial charge in [-0.1, -0.05) is 11.6 Å². The van der Waals surface area contributed by atoms with Crippen LogP contribution in [0.2, 0.25) is 5.02 Å². The highest BCUT2D eigenvalue weighted by atomic mass is 35.5. The Morgan fingerprint density at radius 3 is 2.63 bits per heavy atom. The second kappa shape index (κ2) is 12.4. The van der Waals surface area contributed by atoms with Gasteiger partial charge in [0.25, 0.3) is 5.91 Å². The summed E-state index contributed by atoms with van der Waals surface area (Å²) in [5.74, 6) is 0.531. The molecule has 3 heterocycles. The fraction of sp³-hybridized carbons (Fsp3) is 0.360. The number of amides is 2. The Labute approximate surface area is 225 Å². The van der Waals surface area contributed by atoms with Crippen molar-refractivity contribution in [2.45, 2.75) is 33.7 Å². The van der Waals surface area contributed by atoms with Gasteiger partial charge in [-0.3, -0.25) is 14.7 Å². The molecule has 1 unspecified atom stereocenters. The number of fused-ring (bicyclic) bond motifs is 1. The highest BCUT2D eigenvalue weighted by Crippen LogP contribution is 2.39. The number of aromatic amines is 1. The summed E-state index contributed by atoms with van der Waals surface area (Å²) in [5, 5.41) is 15.5. The first-order valence-corrected chi connectivity index (χ1v) is 12.4. The SMILES string of the molecule is CCNC(=O)c1c(C)c(Cl)cc(C(C)n2nc(-c3cn[nH]c3)c3c(N)ncnc32)c1OCC.CN(C)C=O. The summed E-state index contributed by atoms with van der Waals surface area (Å²) >= 11 is 6.57. The summed E-state index contributed by atoms with van der Waals surface area (Å²) in [7, 11) is 3.38. The zero-order valence-electron chi connectivity index (χ0n) is 22.2. The summed E-state index contributed by atoms with van der Waals surface area (Å²) in [5.41, 5.74) is 9.86. The van der Waals surface area contributed by atoms with Crippen molar-refractivity contribution in [3.8, 4) is 17.0 Å². The fourth-order valence-electron chi connectivity index (χ4n) is 3.86. The maximum Gasteiger partial charge on any atom is 0.255 e. The van der Waals surface area contributed by atoms with E-state index in [1.807, 2.05) is 26.8 Å². The molecule has 3 aromatic heterocycles. The summed E-state index contributed by atoms with van der Waals surface area (Å²) in [6, 6.07) is 1.42. The molecular formula is C25H32ClN9O3. The van der Waals surface area contributed by atoms with Crippen molar-refractivity contribution in [3.63, 3.8) is 0 Å². The lowest BCUT2D eigenvalue weighted by Gasteiger charge is -2.22. The lowest BCUT2D eigenvalue weighted by atomic mass is 9.98. The monoisotopic (exact) mass is 541 g/mol. The largest absolute Gasteiger partial charge is 0.493 e. The molecule has 12 nitrogen and oxygen atoms in total. The average molecular weight is 542 g/mol. The van der Waals surface area contributed by atoms with Crippen LogP contribution in [0.5, 0.6) is 5.75 Å². The molecule has 1 aromatic carbocycles. The lowest BCUT2D eigenvalue weighted by Crippen LogP contribution is -2.25. The number of carbonyl (C=O) groups excluding carboxylic acids is 2. The summed E-state index contributed by atoms with van der Waals surface area (Å²) in [6.07, 6.45) is 5.53. The van der Waals surface area contributed by atoms with E-state index in [-0.39, 0.29) is 5.91 Å². The topological polar surface area (TPSA) is 157 Å². The van der Waals surface area contributed by atoms with E-state index in [4.69, 9.17) is 27.2 Å². The highest BCUT2D eigenvalue weighted by Gasteiger charge is 2.28. The standard InChI is InChI=1S/C22H25ClN8O2.C3H7NO/c1-5-25-22(32)16-11(3)15(23)7-14(19(16)33-6-2)12(4)31-21-17(20(24)26-10-27-21)18(30-31)13-8-28-29-9-13;1-4(2)3-5/h7-10,12H,5-6H2,1-4H3,(H,25,32)(H,28,29)(H2,24,26,27);3H,1-2H3. The first-order valence-electron chi connectivity index (χ1n) is 12.0. The van der Waals surface area contributed by atoms with Crippen molar-refractivity contribution in [3.05, 3.63) is 46.5 Å². The Bertz CT molecular complexity index is 1420. The van der Waals surface area contributed by atoms with Crippen LogP contribution in [0.1, 0.15) is 48.3 Å². The van der Waals surface area contributed by atoms with E-state index in [0.717, 1.165) is 12.0 Å². The van der Waals surface area contributed by atoms with Crippen LogP contribution in [0.4, 0.5) is 5.82 Å². The van der Waals surface area contributed by atoms with Crippen LogP contribution in [-0.2, 0) is 4.79 Å². The van der Waals surface area contributed by atoms with E-state index < -0.39 is 6.04 Å². The number of hydrogen-bond donors (Lipinski definition) is 3. The Morgan fingerprint density at radius 1 is 1.34 bits per heavy atom. The van der Waals surface area contributed by atoms with Crippen LogP contribution in [-0.4, -0.2) is 74.4 Å². The number of benzene rings is 1. The number of rotatable bonds is 8. The van der Waals surface area contributed by atoms with E-state index >= 15 is 0 Å². The Balaban J connectivity index is 0.000000732. The molecule has 38 heavy (non-hydrogen) atoms. The van der Waals surface area contributed by atoms with Crippen LogP contribution in [0, 0.1) is 6.92 Å². The molecule has 0 fully saturated rings. The Kier molecular flexibility index (Phi) is 9.24. The van der Waals surface area contributed by atoms with E-state index in [1.54, 1.807) is 38.1 Å². The second-order valence-electron chi connectivity index (χ2n) is 8.55. The van der Waals surface area contributed by atoms with Crippen molar-refractivity contribution in [2.75, 3.05) is 33.0 Å². The fourth-order valence-corrected chi connectivity index (χ4v) is 4.07. The first-order chi connectivity index (χ1) is 18.2. The van der Waals surface area contributed by atoms with Gasteiger partial charge in [-0.15, -0.1) is 0 Å². The number of aromatic nitrogens is 6. The molecule has 0 aliphatic carbocycles. The number of hydrogen-bond acceptors (Lipinski definition) is 8. The molecule has 0 aliphatic rings. The number of anilines is 1. The van der Waals surface area contributed by atoms with Crippen LogP contribution >= 0.6 is 11.6 Å². The van der Waals surface area contributed by atoms with Crippen molar-refractivity contribution < 1.29 is 14.3 Å². The van der Waals surface area contributed by atoms with Crippen LogP contribution in [0.3, 0.4) is 0 Å². The van der Waals surface area contributed by atoms with Gasteiger partial charge in [0.2, 0.25) is 6.41 Å². The van der Waals surface area contributed by atoms with Gasteiger partial charge in [-0.25, -0.2) is 14.6 Å². The van der Waals surface area contributed by atoms with E-state index in [9.17, 15) is 9.59 Å². The first kappa shape index (κ1) is 28.4. The molecule has 202 valence electrons. The molecule has 1 atom stereocenters. The molecule has 4 N–H and O–H groups in total. The zero-order chi connectivity index (χ0) is 28.0. The Hall–Kier alpha value is -4.19. The molecule has 0 bridgehead atoms. The summed E-state index contributed by atoms with van der Waals surface area (Å²) < 4.78 is 7.73. The van der Waals surface area contributed by atoms with Crippen LogP contribution < -0.4 is 15.8 Å². The lowest BCUT2D eigenvalue weighted by molar-refractivity contribution is -0.115. The average Bonchev–Trinajstić information content (AvgIpc) is 3.55. The highest BCUT2D eigenvalue weighted by molar-refractivity contribution is 6.32. The smallest absolute Gasteiger partial charge is 0.255 e. The van der Waals surface area contributed by atoms with Gasteiger partial charge in [0.05, 0.1) is 29.8 Å². The molecule has 0 spiro atoms. The molecule has 0 saturated carbocycles. The van der Waals surface area contributed by atoms with Crippen LogP contribution in [0.15, 0.2) is 24.8 Å². The van der Waals surface area contributed by atoms with Gasteiger partial charge in [0, 0.05) is 43.0 Å². The van der Waals surface area contributed by atoms with Crippen LogP contribution in [0.25, 0.3) is 22.3 Å². The zero-order valence-corrected chi connectivity index (χ0v) is 23.0. The molecule has 0 aliphatic heterocycles. The van der Waals surface area contributed by atoms with E-state index in [0.29, 0.717) is 63.2 Å². The van der Waals surface area contributed by atoms with Crippen molar-refractivity contribution in [1.29, 1.82) is 0 Å². The Morgan fingerprint density at radius 2 is 2.05 bits per heavy atom. The van der Waals surface area contributed by atoms with Gasteiger partial charge < -0.3 is 20.7 Å². The van der Waals surface area contributed by atoms with Gasteiger partial charge >= 0.3 is 0 Å². The number of halogens is 1. The second-order valence-corrected chi connectivity index (χ2v) is 8.96. The maximum absolute atomic E-state index is 12.9. The summed E-state index contributed by atoms with van der Waals surface area (Å²) in [4.78, 5) is 32.4. The third-order valence-electron chi connectivity index (χ3n) is 5.68. The third kappa shape index (κ3) is 5.70. The summed E-state index contributed by atoms with van der Waals surface area (Å²) in [6.45, 7) is 8.33. The molecule has 0 saturated heterocycles. The minimum atomic E-state index is -0.393. The number of ether oxygens (including phenoxy) is 1. The van der Waals surface area contributed by atoms with Gasteiger partial charge in [-0.2, -0.15) is 10.2 Å². The van der Waals surface area contributed by atoms with E-state index in [1.165, 1.54) is 11.2 Å². The quantitative estimate of drug-likeness (QED) is 0.287. The van der Waals surface area contributed by atoms with Gasteiger partial charge in [0.1, 0.15) is 23.6 Å². The van der Waals surface area contributed by atoms with Gasteiger partial charge in [-0.05, 0) is 39.3 Å². The molecule has 13 heteroatoms. The number of nitrogens with one attached hydrogen (secondary N) is 2. The predicted molar refractivity (Wildman–Crippen MR) is 146 cm³/mol. The number of nitrogen functional groups attached to an aromatic ring is 1. The minimum Gasteiger partial charge on any atom is -0.493 e. The third-order valence-corrected chi connectivity index (χ3v) is 6.07. The molecule has 4 aromatic rings. The number of nitrogens with zero attached hydrogens (tertiary/aromatic N) is 6. The molecule has 0 radical (unpaired) electrons. The molecule has 2 amide bonds. The molecular weight excluding hydrogens is 510 g/mol. The molecule has 4 rings (SSSR count). The van der Waals surface area contributed by atoms with Crippen molar-refractivity contribution >= 4 is 40.8 Å². The van der Waals surface area contributed by atoms with E-state index in [2.05, 4.69) is 25.5 Å². The predicted octanol–water partition coefficient (Wildman–Crippen LogP) is 3.22. The van der Waals surface area contributed by atoms with Crippen molar-refractivity contribution in [2.24, 2.45) is 0 Å². The minimum absolute atomic E-state index is 0.245.